The molecule has 0 heterocycles. The van der Waals surface area contributed by atoms with Gasteiger partial charge in [0, 0.05) is 11.5 Å². The zero-order valence-corrected chi connectivity index (χ0v) is 19.8. The summed E-state index contributed by atoms with van der Waals surface area (Å²) in [5, 5.41) is 3.13. The van der Waals surface area contributed by atoms with Crippen LogP contribution in [-0.4, -0.2) is 23.8 Å². The van der Waals surface area contributed by atoms with Gasteiger partial charge in [-0.3, -0.25) is 14.4 Å². The summed E-state index contributed by atoms with van der Waals surface area (Å²) in [6.07, 6.45) is 11.7. The molecule has 3 amide bonds. The highest BCUT2D eigenvalue weighted by Gasteiger charge is 2.70. The van der Waals surface area contributed by atoms with Gasteiger partial charge in [0.1, 0.15) is 0 Å². The van der Waals surface area contributed by atoms with Crippen molar-refractivity contribution in [3.63, 3.8) is 0 Å². The molecule has 0 aromatic rings. The third-order valence-corrected chi connectivity index (χ3v) is 9.34. The fraction of sp³-hybridized carbons (Fsp3) is 0.880. The number of hydrogen-bond acceptors (Lipinski definition) is 3. The summed E-state index contributed by atoms with van der Waals surface area (Å²) in [6, 6.07) is -0.0425. The van der Waals surface area contributed by atoms with Gasteiger partial charge in [-0.1, -0.05) is 72.1 Å². The summed E-state index contributed by atoms with van der Waals surface area (Å²) in [7, 11) is 0. The molecule has 3 fully saturated rings. The van der Waals surface area contributed by atoms with E-state index in [1.807, 2.05) is 0 Å². The fourth-order valence-corrected chi connectivity index (χ4v) is 7.66. The van der Waals surface area contributed by atoms with Crippen LogP contribution in [0.15, 0.2) is 0 Å². The Kier molecular flexibility index (Phi) is 7.37. The van der Waals surface area contributed by atoms with Crippen LogP contribution in [0.1, 0.15) is 97.8 Å². The molecule has 31 heavy (non-hydrogen) atoms. The first-order valence-corrected chi connectivity index (χ1v) is 12.6. The lowest BCUT2D eigenvalue weighted by atomic mass is 9.43. The Bertz CT molecular complexity index is 679. The Labute approximate surface area is 187 Å². The van der Waals surface area contributed by atoms with Gasteiger partial charge in [0.2, 0.25) is 23.1 Å². The zero-order chi connectivity index (χ0) is 22.8. The number of rotatable bonds is 6. The molecule has 0 radical (unpaired) electrons. The van der Waals surface area contributed by atoms with Crippen LogP contribution in [0, 0.1) is 34.5 Å². The summed E-state index contributed by atoms with van der Waals surface area (Å²) in [5.74, 6) is -1.48. The Morgan fingerprint density at radius 3 is 1.87 bits per heavy atom. The van der Waals surface area contributed by atoms with E-state index in [0.717, 1.165) is 70.6 Å². The summed E-state index contributed by atoms with van der Waals surface area (Å²) in [4.78, 5) is 40.6. The van der Waals surface area contributed by atoms with Crippen LogP contribution in [0.25, 0.3) is 0 Å². The van der Waals surface area contributed by atoms with Gasteiger partial charge < -0.3 is 16.8 Å². The van der Waals surface area contributed by atoms with Gasteiger partial charge in [-0.2, -0.15) is 0 Å². The smallest absolute Gasteiger partial charge is 0.246 e. The van der Waals surface area contributed by atoms with Crippen molar-refractivity contribution in [2.45, 2.75) is 104 Å². The van der Waals surface area contributed by atoms with Gasteiger partial charge in [-0.15, -0.1) is 0 Å². The molecule has 0 saturated heterocycles. The van der Waals surface area contributed by atoms with Crippen LogP contribution >= 0.6 is 0 Å². The highest BCUT2D eigenvalue weighted by Crippen LogP contribution is 2.62. The standard InChI is InChI=1S/C25H43N3O3/c1-16-10-4-6-13-19(16)24(15-9-8-12-18(24)3)25(21(26)29,22(27)30)23(31)28-20-14-7-5-11-17(20)2/h16-20H,4-15H2,1-3H3,(H2,26,29)(H2,27,30)(H,28,31). The molecule has 0 aromatic carbocycles. The van der Waals surface area contributed by atoms with Crippen molar-refractivity contribution < 1.29 is 14.4 Å². The van der Waals surface area contributed by atoms with E-state index in [2.05, 4.69) is 26.1 Å². The maximum atomic E-state index is 14.0. The van der Waals surface area contributed by atoms with Crippen LogP contribution in [0.4, 0.5) is 0 Å². The Morgan fingerprint density at radius 1 is 0.774 bits per heavy atom. The van der Waals surface area contributed by atoms with Crippen molar-refractivity contribution in [3.8, 4) is 0 Å². The minimum absolute atomic E-state index is 0.0290. The van der Waals surface area contributed by atoms with Crippen LogP contribution in [0.5, 0.6) is 0 Å². The van der Waals surface area contributed by atoms with Gasteiger partial charge in [0.05, 0.1) is 0 Å². The van der Waals surface area contributed by atoms with Crippen molar-refractivity contribution >= 4 is 17.7 Å². The number of hydrogen-bond donors (Lipinski definition) is 3. The van der Waals surface area contributed by atoms with Crippen molar-refractivity contribution in [2.75, 3.05) is 0 Å². The molecule has 0 aromatic heterocycles. The lowest BCUT2D eigenvalue weighted by Crippen LogP contribution is -2.71. The highest BCUT2D eigenvalue weighted by atomic mass is 16.2. The van der Waals surface area contributed by atoms with Crippen LogP contribution in [-0.2, 0) is 14.4 Å². The third kappa shape index (κ3) is 3.89. The molecule has 6 unspecified atom stereocenters. The molecule has 6 atom stereocenters. The molecule has 3 saturated carbocycles. The second kappa shape index (κ2) is 9.50. The monoisotopic (exact) mass is 433 g/mol. The largest absolute Gasteiger partial charge is 0.368 e. The van der Waals surface area contributed by atoms with E-state index in [4.69, 9.17) is 11.5 Å². The molecule has 6 heteroatoms. The number of carbonyl (C=O) groups is 3. The van der Waals surface area contributed by atoms with Gasteiger partial charge in [0.15, 0.2) is 0 Å². The molecule has 6 nitrogen and oxygen atoms in total. The highest BCUT2D eigenvalue weighted by molar-refractivity contribution is 6.22. The average Bonchev–Trinajstić information content (AvgIpc) is 2.71. The van der Waals surface area contributed by atoms with E-state index >= 15 is 0 Å². The van der Waals surface area contributed by atoms with Crippen molar-refractivity contribution in [1.29, 1.82) is 0 Å². The van der Waals surface area contributed by atoms with Gasteiger partial charge in [-0.25, -0.2) is 0 Å². The van der Waals surface area contributed by atoms with E-state index in [9.17, 15) is 14.4 Å². The van der Waals surface area contributed by atoms with Gasteiger partial charge in [-0.05, 0) is 49.4 Å². The van der Waals surface area contributed by atoms with E-state index in [1.54, 1.807) is 0 Å². The maximum Gasteiger partial charge on any atom is 0.246 e. The van der Waals surface area contributed by atoms with Crippen molar-refractivity contribution in [3.05, 3.63) is 0 Å². The third-order valence-electron chi connectivity index (χ3n) is 9.34. The fourth-order valence-electron chi connectivity index (χ4n) is 7.66. The molecule has 0 aliphatic heterocycles. The van der Waals surface area contributed by atoms with Crippen molar-refractivity contribution in [1.82, 2.24) is 5.32 Å². The predicted octanol–water partition coefficient (Wildman–Crippen LogP) is 3.66. The molecule has 0 bridgehead atoms. The van der Waals surface area contributed by atoms with Crippen LogP contribution in [0.2, 0.25) is 0 Å². The molecular weight excluding hydrogens is 390 g/mol. The Morgan fingerprint density at radius 2 is 1.32 bits per heavy atom. The Hall–Kier alpha value is -1.59. The molecule has 3 aliphatic rings. The lowest BCUT2D eigenvalue weighted by Gasteiger charge is -2.58. The van der Waals surface area contributed by atoms with E-state index < -0.39 is 28.6 Å². The summed E-state index contributed by atoms with van der Waals surface area (Å²) in [6.45, 7) is 6.45. The predicted molar refractivity (Wildman–Crippen MR) is 122 cm³/mol. The normalized spacial score (nSPS) is 37.1. The molecule has 3 aliphatic carbocycles. The summed E-state index contributed by atoms with van der Waals surface area (Å²) >= 11 is 0. The van der Waals surface area contributed by atoms with Crippen molar-refractivity contribution in [2.24, 2.45) is 46.0 Å². The molecular formula is C25H43N3O3. The SMILES string of the molecule is CC1CCCCC1NC(=O)C(C(N)=O)(C(N)=O)C1(C2CCCCC2C)CCCCC1C. The summed E-state index contributed by atoms with van der Waals surface area (Å²) < 4.78 is 0. The van der Waals surface area contributed by atoms with Gasteiger partial charge >= 0.3 is 0 Å². The number of nitrogens with one attached hydrogen (secondary N) is 1. The summed E-state index contributed by atoms with van der Waals surface area (Å²) in [5.41, 5.74) is 9.27. The van der Waals surface area contributed by atoms with Gasteiger partial charge in [0.25, 0.3) is 0 Å². The molecule has 5 N–H and O–H groups in total. The van der Waals surface area contributed by atoms with Crippen LogP contribution < -0.4 is 16.8 Å². The first kappa shape index (κ1) is 24.1. The average molecular weight is 434 g/mol. The second-order valence-electron chi connectivity index (χ2n) is 10.9. The number of amides is 3. The van der Waals surface area contributed by atoms with Crippen LogP contribution in [0.3, 0.4) is 0 Å². The molecule has 3 rings (SSSR count). The minimum atomic E-state index is -2.00. The number of nitrogens with two attached hydrogens (primary N) is 2. The first-order valence-electron chi connectivity index (χ1n) is 12.6. The quantitative estimate of drug-likeness (QED) is 0.555. The first-order chi connectivity index (χ1) is 14.7. The maximum absolute atomic E-state index is 14.0. The van der Waals surface area contributed by atoms with E-state index in [0.29, 0.717) is 18.3 Å². The second-order valence-corrected chi connectivity index (χ2v) is 10.9. The zero-order valence-electron chi connectivity index (χ0n) is 19.8. The lowest BCUT2D eigenvalue weighted by molar-refractivity contribution is -0.177. The molecule has 0 spiro atoms. The minimum Gasteiger partial charge on any atom is -0.368 e. The Balaban J connectivity index is 2.13. The van der Waals surface area contributed by atoms with E-state index in [-0.39, 0.29) is 17.9 Å². The number of carbonyl (C=O) groups excluding carboxylic acids is 3. The topological polar surface area (TPSA) is 115 Å². The molecule has 176 valence electrons. The number of primary amides is 2. The van der Waals surface area contributed by atoms with E-state index in [1.165, 1.54) is 0 Å².